The largest absolute Gasteiger partial charge is 0.465 e. The minimum absolute atomic E-state index is 0.284. The van der Waals surface area contributed by atoms with E-state index in [9.17, 15) is 4.79 Å². The first-order valence-corrected chi connectivity index (χ1v) is 7.75. The van der Waals surface area contributed by atoms with Crippen LogP contribution in [-0.2, 0) is 9.53 Å². The molecule has 0 aromatic carbocycles. The van der Waals surface area contributed by atoms with Crippen LogP contribution >= 0.6 is 0 Å². The Morgan fingerprint density at radius 1 is 1.40 bits per heavy atom. The monoisotopic (exact) mass is 285 g/mol. The predicted octanol–water partition coefficient (Wildman–Crippen LogP) is 1.07. The first-order valence-electron chi connectivity index (χ1n) is 7.75. The van der Waals surface area contributed by atoms with Gasteiger partial charge in [-0.25, -0.2) is 0 Å². The van der Waals surface area contributed by atoms with Crippen LogP contribution in [0.5, 0.6) is 0 Å². The van der Waals surface area contributed by atoms with Crippen molar-refractivity contribution in [3.05, 3.63) is 0 Å². The molecular weight excluding hydrogens is 254 g/mol. The number of nitrogens with zero attached hydrogens (tertiary/aromatic N) is 2. The Kier molecular flexibility index (Phi) is 6.92. The second-order valence-corrected chi connectivity index (χ2v) is 6.24. The molecule has 1 aliphatic heterocycles. The Labute approximate surface area is 123 Å². The van der Waals surface area contributed by atoms with E-state index in [2.05, 4.69) is 23.8 Å². The van der Waals surface area contributed by atoms with Crippen molar-refractivity contribution in [2.75, 3.05) is 39.8 Å². The van der Waals surface area contributed by atoms with Gasteiger partial charge in [-0.1, -0.05) is 0 Å². The molecule has 0 saturated carbocycles. The van der Waals surface area contributed by atoms with E-state index in [1.165, 1.54) is 0 Å². The van der Waals surface area contributed by atoms with Crippen molar-refractivity contribution in [2.24, 2.45) is 5.73 Å². The summed E-state index contributed by atoms with van der Waals surface area (Å²) in [6, 6.07) is 0.614. The summed E-state index contributed by atoms with van der Waals surface area (Å²) in [5, 5.41) is 0. The molecule has 0 aromatic rings. The fourth-order valence-electron chi connectivity index (χ4n) is 2.71. The van der Waals surface area contributed by atoms with Gasteiger partial charge in [0.1, 0.15) is 5.54 Å². The van der Waals surface area contributed by atoms with Gasteiger partial charge in [0.05, 0.1) is 6.61 Å². The molecule has 1 heterocycles. The van der Waals surface area contributed by atoms with Crippen LogP contribution in [-0.4, -0.2) is 67.2 Å². The molecular formula is C15H31N3O2. The van der Waals surface area contributed by atoms with Crippen LogP contribution in [0.15, 0.2) is 0 Å². The van der Waals surface area contributed by atoms with Crippen molar-refractivity contribution in [1.29, 1.82) is 0 Å². The van der Waals surface area contributed by atoms with Crippen LogP contribution in [0.4, 0.5) is 0 Å². The number of nitrogens with two attached hydrogens (primary N) is 1. The molecule has 2 unspecified atom stereocenters. The number of carbonyl (C=O) groups excluding carboxylic acids is 1. The quantitative estimate of drug-likeness (QED) is 0.560. The van der Waals surface area contributed by atoms with Crippen molar-refractivity contribution in [3.63, 3.8) is 0 Å². The maximum atomic E-state index is 11.7. The third-order valence-corrected chi connectivity index (χ3v) is 4.10. The number of carbonyl (C=O) groups is 1. The van der Waals surface area contributed by atoms with Crippen LogP contribution in [0.2, 0.25) is 0 Å². The molecule has 1 fully saturated rings. The van der Waals surface area contributed by atoms with Crippen LogP contribution in [0.3, 0.4) is 0 Å². The summed E-state index contributed by atoms with van der Waals surface area (Å²) in [5.74, 6) is -0.284. The van der Waals surface area contributed by atoms with E-state index in [0.29, 0.717) is 19.1 Å². The average molecular weight is 285 g/mol. The Bertz CT molecular complexity index is 307. The van der Waals surface area contributed by atoms with E-state index < -0.39 is 5.54 Å². The molecule has 0 aliphatic carbocycles. The molecule has 20 heavy (non-hydrogen) atoms. The molecule has 0 bridgehead atoms. The fourth-order valence-corrected chi connectivity index (χ4v) is 2.71. The summed E-state index contributed by atoms with van der Waals surface area (Å²) >= 11 is 0. The van der Waals surface area contributed by atoms with Gasteiger partial charge >= 0.3 is 5.97 Å². The zero-order chi connectivity index (χ0) is 15.2. The van der Waals surface area contributed by atoms with Crippen LogP contribution in [0, 0.1) is 0 Å². The first kappa shape index (κ1) is 17.4. The number of unbranched alkanes of at least 4 members (excludes halogenated alkanes) is 1. The van der Waals surface area contributed by atoms with Gasteiger partial charge in [0, 0.05) is 25.7 Å². The number of ether oxygens (including phenoxy) is 1. The average Bonchev–Trinajstić information content (AvgIpc) is 2.37. The standard InChI is InChI=1S/C15H31N3O2/c1-5-20-14(19)15(3,16)8-6-7-9-18-11-10-17(4)12-13(18)2/h13H,5-12,16H2,1-4H3. The normalized spacial score (nSPS) is 24.4. The van der Waals surface area contributed by atoms with Crippen molar-refractivity contribution in [1.82, 2.24) is 9.80 Å². The van der Waals surface area contributed by atoms with Crippen LogP contribution < -0.4 is 5.73 Å². The molecule has 1 saturated heterocycles. The zero-order valence-electron chi connectivity index (χ0n) is 13.5. The lowest BCUT2D eigenvalue weighted by Gasteiger charge is -2.38. The molecule has 0 spiro atoms. The predicted molar refractivity (Wildman–Crippen MR) is 81.6 cm³/mol. The molecule has 1 aliphatic rings. The minimum Gasteiger partial charge on any atom is -0.465 e. The Hall–Kier alpha value is -0.650. The summed E-state index contributed by atoms with van der Waals surface area (Å²) in [5.41, 5.74) is 5.17. The van der Waals surface area contributed by atoms with Gasteiger partial charge in [-0.3, -0.25) is 9.69 Å². The number of hydrogen-bond acceptors (Lipinski definition) is 5. The third kappa shape index (κ3) is 5.38. The molecule has 0 radical (unpaired) electrons. The Morgan fingerprint density at radius 2 is 2.10 bits per heavy atom. The summed E-state index contributed by atoms with van der Waals surface area (Å²) in [6.07, 6.45) is 2.74. The van der Waals surface area contributed by atoms with Gasteiger partial charge in [0.2, 0.25) is 0 Å². The second kappa shape index (κ2) is 7.96. The highest BCUT2D eigenvalue weighted by Gasteiger charge is 2.29. The molecule has 0 amide bonds. The summed E-state index contributed by atoms with van der Waals surface area (Å²) in [4.78, 5) is 16.6. The molecule has 0 aromatic heterocycles. The highest BCUT2D eigenvalue weighted by Crippen LogP contribution is 2.15. The Balaban J connectivity index is 2.22. The lowest BCUT2D eigenvalue weighted by Crippen LogP contribution is -2.50. The van der Waals surface area contributed by atoms with Crippen molar-refractivity contribution in [2.45, 2.75) is 51.6 Å². The number of piperazine rings is 1. The molecule has 1 rings (SSSR count). The summed E-state index contributed by atoms with van der Waals surface area (Å²) < 4.78 is 5.00. The van der Waals surface area contributed by atoms with E-state index in [4.69, 9.17) is 10.5 Å². The molecule has 118 valence electrons. The van der Waals surface area contributed by atoms with E-state index >= 15 is 0 Å². The van der Waals surface area contributed by atoms with Gasteiger partial charge < -0.3 is 15.4 Å². The molecule has 5 heteroatoms. The van der Waals surface area contributed by atoms with Gasteiger partial charge in [0.15, 0.2) is 0 Å². The first-order chi connectivity index (χ1) is 9.36. The maximum Gasteiger partial charge on any atom is 0.325 e. The maximum absolute atomic E-state index is 11.7. The molecule has 2 N–H and O–H groups in total. The molecule has 2 atom stereocenters. The summed E-state index contributed by atoms with van der Waals surface area (Å²) in [6.45, 7) is 10.8. The van der Waals surface area contributed by atoms with Crippen LogP contribution in [0.1, 0.15) is 40.0 Å². The minimum atomic E-state index is -0.844. The number of likely N-dealkylation sites (N-methyl/N-ethyl adjacent to an activating group) is 1. The number of hydrogen-bond donors (Lipinski definition) is 1. The van der Waals surface area contributed by atoms with Crippen LogP contribution in [0.25, 0.3) is 0 Å². The van der Waals surface area contributed by atoms with Gasteiger partial charge in [-0.15, -0.1) is 0 Å². The number of esters is 1. The van der Waals surface area contributed by atoms with Crippen molar-refractivity contribution in [3.8, 4) is 0 Å². The number of rotatable bonds is 7. The zero-order valence-corrected chi connectivity index (χ0v) is 13.5. The Morgan fingerprint density at radius 3 is 2.70 bits per heavy atom. The summed E-state index contributed by atoms with van der Waals surface area (Å²) in [7, 11) is 2.17. The van der Waals surface area contributed by atoms with E-state index in [-0.39, 0.29) is 5.97 Å². The van der Waals surface area contributed by atoms with Crippen molar-refractivity contribution < 1.29 is 9.53 Å². The van der Waals surface area contributed by atoms with E-state index in [1.54, 1.807) is 6.92 Å². The van der Waals surface area contributed by atoms with E-state index in [1.807, 2.05) is 6.92 Å². The van der Waals surface area contributed by atoms with Gasteiger partial charge in [-0.05, 0) is 53.6 Å². The molecule has 5 nitrogen and oxygen atoms in total. The smallest absolute Gasteiger partial charge is 0.325 e. The third-order valence-electron chi connectivity index (χ3n) is 4.10. The topological polar surface area (TPSA) is 58.8 Å². The lowest BCUT2D eigenvalue weighted by molar-refractivity contribution is -0.149. The highest BCUT2D eigenvalue weighted by molar-refractivity contribution is 5.79. The van der Waals surface area contributed by atoms with E-state index in [0.717, 1.165) is 39.0 Å². The second-order valence-electron chi connectivity index (χ2n) is 6.24. The fraction of sp³-hybridized carbons (Fsp3) is 0.933. The lowest BCUT2D eigenvalue weighted by atomic mass is 9.96. The SMILES string of the molecule is CCOC(=O)C(C)(N)CCCCN1CCN(C)CC1C. The van der Waals surface area contributed by atoms with Gasteiger partial charge in [-0.2, -0.15) is 0 Å². The highest BCUT2D eigenvalue weighted by atomic mass is 16.5. The van der Waals surface area contributed by atoms with Crippen molar-refractivity contribution >= 4 is 5.97 Å². The van der Waals surface area contributed by atoms with Gasteiger partial charge in [0.25, 0.3) is 0 Å².